The fourth-order valence-corrected chi connectivity index (χ4v) is 16.0. The Kier molecular flexibility index (Phi) is 19.8. The van der Waals surface area contributed by atoms with Crippen LogP contribution >= 0.6 is 0 Å². The monoisotopic (exact) mass is 1150 g/mol. The lowest BCUT2D eigenvalue weighted by molar-refractivity contribution is -0.373. The highest BCUT2D eigenvalue weighted by molar-refractivity contribution is 5.87. The van der Waals surface area contributed by atoms with Crippen molar-refractivity contribution in [1.29, 1.82) is 0 Å². The van der Waals surface area contributed by atoms with Gasteiger partial charge in [0.15, 0.2) is 25.2 Å². The number of ether oxygens (including phenoxy) is 13. The third kappa shape index (κ3) is 12.1. The Morgan fingerprint density at radius 1 is 0.691 bits per heavy atom. The van der Waals surface area contributed by atoms with E-state index in [-0.39, 0.29) is 30.3 Å². The molecule has 1 aromatic carbocycles. The molecule has 1 aromatic rings. The van der Waals surface area contributed by atoms with E-state index in [0.29, 0.717) is 44.9 Å². The van der Waals surface area contributed by atoms with E-state index in [1.807, 2.05) is 44.2 Å². The zero-order valence-corrected chi connectivity index (χ0v) is 48.4. The van der Waals surface area contributed by atoms with Crippen molar-refractivity contribution in [3.05, 3.63) is 42.0 Å². The molecule has 0 aromatic heterocycles. The molecule has 7 N–H and O–H groups in total. The number of carbonyl (C=O) groups excluding carboxylic acids is 2. The average Bonchev–Trinajstić information content (AvgIpc) is 4.02. The molecule has 0 bridgehead atoms. The lowest BCUT2D eigenvalue weighted by atomic mass is 9.41. The minimum absolute atomic E-state index is 0.0921. The van der Waals surface area contributed by atoms with E-state index in [4.69, 9.17) is 61.6 Å². The van der Waals surface area contributed by atoms with Crippen molar-refractivity contribution in [2.75, 3.05) is 27.9 Å². The lowest BCUT2D eigenvalue weighted by Crippen LogP contribution is -2.73. The molecule has 29 atom stereocenters. The molecule has 4 aliphatic heterocycles. The molecule has 8 aliphatic rings. The van der Waals surface area contributed by atoms with Crippen LogP contribution < -0.4 is 0 Å². The summed E-state index contributed by atoms with van der Waals surface area (Å²) in [6, 6.07) is 9.44. The molecule has 458 valence electrons. The minimum atomic E-state index is -1.68. The Morgan fingerprint density at radius 2 is 1.31 bits per heavy atom. The van der Waals surface area contributed by atoms with Crippen LogP contribution in [-0.2, 0) is 71.2 Å². The van der Waals surface area contributed by atoms with Crippen LogP contribution in [0.15, 0.2) is 36.4 Å². The zero-order chi connectivity index (χ0) is 58.5. The first kappa shape index (κ1) is 62.7. The third-order valence-corrected chi connectivity index (χ3v) is 20.2. The summed E-state index contributed by atoms with van der Waals surface area (Å²) in [5, 5.41) is 76.9. The number of carbonyl (C=O) groups is 2. The number of rotatable bonds is 17. The van der Waals surface area contributed by atoms with Crippen LogP contribution in [0.5, 0.6) is 0 Å². The van der Waals surface area contributed by atoms with Crippen molar-refractivity contribution in [2.45, 2.75) is 247 Å². The van der Waals surface area contributed by atoms with Crippen LogP contribution in [0.4, 0.5) is 0 Å². The van der Waals surface area contributed by atoms with Crippen molar-refractivity contribution in [3.8, 4) is 0 Å². The van der Waals surface area contributed by atoms with Crippen molar-refractivity contribution in [3.63, 3.8) is 0 Å². The number of aliphatic hydroxyl groups is 7. The Bertz CT molecular complexity index is 2270. The molecule has 0 radical (unpaired) electrons. The minimum Gasteiger partial charge on any atom is -0.458 e. The Hall–Kier alpha value is -2.82. The van der Waals surface area contributed by atoms with Gasteiger partial charge in [-0.05, 0) is 107 Å². The molecule has 4 saturated carbocycles. The van der Waals surface area contributed by atoms with Gasteiger partial charge in [-0.25, -0.2) is 4.79 Å². The maximum absolute atomic E-state index is 14.0. The molecule has 4 unspecified atom stereocenters. The van der Waals surface area contributed by atoms with Crippen LogP contribution in [0, 0.1) is 34.5 Å². The largest absolute Gasteiger partial charge is 0.458 e. The Balaban J connectivity index is 0.830. The fraction of sp³-hybridized carbons (Fsp3) is 0.831. The van der Waals surface area contributed by atoms with E-state index >= 15 is 0 Å². The van der Waals surface area contributed by atoms with Gasteiger partial charge in [0, 0.05) is 58.5 Å². The Morgan fingerprint density at radius 3 is 1.93 bits per heavy atom. The first-order chi connectivity index (χ1) is 38.5. The molecule has 0 spiro atoms. The predicted octanol–water partition coefficient (Wildman–Crippen LogP) is 2.68. The number of benzene rings is 1. The van der Waals surface area contributed by atoms with Gasteiger partial charge in [-0.3, -0.25) is 4.79 Å². The van der Waals surface area contributed by atoms with Crippen molar-refractivity contribution >= 4 is 18.0 Å². The van der Waals surface area contributed by atoms with Gasteiger partial charge >= 0.3 is 11.9 Å². The molecular formula is C59H90O22. The van der Waals surface area contributed by atoms with Crippen LogP contribution in [0.1, 0.15) is 112 Å². The van der Waals surface area contributed by atoms with Crippen LogP contribution in [0.25, 0.3) is 6.08 Å². The standard InChI is InChI=1S/C59H90O22/c1-28(61)36-21-23-59(68)37-18-17-34-24-35(20-22-57(34,6)44(37)52(54(58(36,59)7)75-32(5)62)78-41(63)19-16-33-14-12-11-13-15-33)76-42-25-38(69-8)49(29(2)72-42)79-43-26-39(70-9)50(30(3)73-43)80-56-48(67)53(71-10)51(31(4)74-56)81-55-47(66)46(65)45(64)40(27-60)77-55/h11-16,19,28-31,34-40,42-56,60-61,64-68H,17-18,20-27H2,1-10H3/b19-16+/t28?,29-,30-,31-,34?,35+,36-,37-,38+,39+,40-,42+,43+,44?,45-,46-,47-,48-,49-,50-,51-,52?,53+,54-,55+,56+,57+,58+,59+/m1/s1. The summed E-state index contributed by atoms with van der Waals surface area (Å²) in [6.07, 6.45) is -13.0. The number of methoxy groups -OCH3 is 3. The highest BCUT2D eigenvalue weighted by Crippen LogP contribution is 2.70. The highest BCUT2D eigenvalue weighted by Gasteiger charge is 2.76. The SMILES string of the molecule is CO[C@H]1[C@@H](O)[C@H](O[C@H]2[C@@H](OC)C[C@H](O[C@H]3[C@@H](OC)C[C@H](O[C@H]4CC[C@@]5(C)C(CC[C@@H]6C5C(OC(=O)/C=C/c5ccccc5)[C@@H](OC(C)=O)[C@]5(C)[C@@H](C(C)O)CC[C@]65O)C4)O[C@@H]3C)O[C@@H]2C)O[C@H](C)[C@H]1O[C@@H]1O[C@H](CO)[C@@H](O)[C@@H](O)[C@H]1O. The van der Waals surface area contributed by atoms with E-state index in [1.54, 1.807) is 41.1 Å². The quantitative estimate of drug-likeness (QED) is 0.0670. The molecule has 4 saturated heterocycles. The Labute approximate surface area is 474 Å². The third-order valence-electron chi connectivity index (χ3n) is 20.2. The van der Waals surface area contributed by atoms with E-state index in [0.717, 1.165) is 12.0 Å². The molecule has 4 aliphatic carbocycles. The highest BCUT2D eigenvalue weighted by atomic mass is 16.8. The van der Waals surface area contributed by atoms with Gasteiger partial charge in [0.25, 0.3) is 0 Å². The molecule has 22 heteroatoms. The zero-order valence-electron chi connectivity index (χ0n) is 48.4. The normalized spacial score (nSPS) is 48.6. The van der Waals surface area contributed by atoms with Gasteiger partial charge in [-0.15, -0.1) is 0 Å². The van der Waals surface area contributed by atoms with E-state index in [2.05, 4.69) is 6.92 Å². The van der Waals surface area contributed by atoms with Gasteiger partial charge in [0.05, 0.1) is 54.9 Å². The van der Waals surface area contributed by atoms with Gasteiger partial charge < -0.3 is 97.3 Å². The topological polar surface area (TPSA) is 296 Å². The summed E-state index contributed by atoms with van der Waals surface area (Å²) in [4.78, 5) is 27.1. The fourth-order valence-electron chi connectivity index (χ4n) is 16.0. The van der Waals surface area contributed by atoms with E-state index < -0.39 is 170 Å². The summed E-state index contributed by atoms with van der Waals surface area (Å²) in [6.45, 7) is 11.9. The van der Waals surface area contributed by atoms with Crippen molar-refractivity contribution < 1.29 is 107 Å². The second-order valence-electron chi connectivity index (χ2n) is 24.7. The van der Waals surface area contributed by atoms with Gasteiger partial charge in [-0.2, -0.15) is 0 Å². The summed E-state index contributed by atoms with van der Waals surface area (Å²) in [5.74, 6) is -2.14. The summed E-state index contributed by atoms with van der Waals surface area (Å²) in [5.41, 5.74) is -2.05. The number of aliphatic hydroxyl groups excluding tert-OH is 6. The van der Waals surface area contributed by atoms with E-state index in [9.17, 15) is 45.3 Å². The second-order valence-corrected chi connectivity index (χ2v) is 24.7. The second kappa shape index (κ2) is 25.6. The molecule has 22 nitrogen and oxygen atoms in total. The molecule has 8 fully saturated rings. The molecule has 4 heterocycles. The maximum Gasteiger partial charge on any atom is 0.331 e. The van der Waals surface area contributed by atoms with Crippen molar-refractivity contribution in [2.24, 2.45) is 34.5 Å². The average molecular weight is 1150 g/mol. The van der Waals surface area contributed by atoms with Gasteiger partial charge in [0.1, 0.15) is 67.1 Å². The van der Waals surface area contributed by atoms with Crippen molar-refractivity contribution in [1.82, 2.24) is 0 Å². The van der Waals surface area contributed by atoms with Crippen LogP contribution in [0.3, 0.4) is 0 Å². The maximum atomic E-state index is 14.0. The summed E-state index contributed by atoms with van der Waals surface area (Å²) >= 11 is 0. The predicted molar refractivity (Wildman–Crippen MR) is 284 cm³/mol. The molecule has 81 heavy (non-hydrogen) atoms. The number of hydrogen-bond acceptors (Lipinski definition) is 22. The number of fused-ring (bicyclic) bond motifs is 5. The van der Waals surface area contributed by atoms with Crippen LogP contribution in [-0.4, -0.2) is 216 Å². The van der Waals surface area contributed by atoms with Crippen LogP contribution in [0.2, 0.25) is 0 Å². The summed E-state index contributed by atoms with van der Waals surface area (Å²) < 4.78 is 81.2. The summed E-state index contributed by atoms with van der Waals surface area (Å²) in [7, 11) is 4.53. The van der Waals surface area contributed by atoms with Gasteiger partial charge in [0.2, 0.25) is 0 Å². The molecule has 0 amide bonds. The lowest BCUT2D eigenvalue weighted by Gasteiger charge is -2.67. The first-order valence-corrected chi connectivity index (χ1v) is 29.2. The molecule has 9 rings (SSSR count). The molecular weight excluding hydrogens is 1060 g/mol. The van der Waals surface area contributed by atoms with Gasteiger partial charge in [-0.1, -0.05) is 44.2 Å². The number of hydrogen-bond donors (Lipinski definition) is 7. The first-order valence-electron chi connectivity index (χ1n) is 29.2. The number of esters is 2. The smallest absolute Gasteiger partial charge is 0.331 e. The van der Waals surface area contributed by atoms with E-state index in [1.165, 1.54) is 20.1 Å².